The first kappa shape index (κ1) is 10.7. The Labute approximate surface area is 92.1 Å². The molecule has 82 valence electrons. The molecule has 0 bridgehead atoms. The molecular weight excluding hydrogens is 184 g/mol. The molecule has 1 atom stereocenters. The van der Waals surface area contributed by atoms with Crippen LogP contribution in [0.2, 0.25) is 0 Å². The van der Waals surface area contributed by atoms with Crippen LogP contribution in [-0.4, -0.2) is 18.1 Å². The quantitative estimate of drug-likeness (QED) is 0.786. The molecule has 2 nitrogen and oxygen atoms in total. The van der Waals surface area contributed by atoms with Gasteiger partial charge in [0.2, 0.25) is 0 Å². The second-order valence-electron chi connectivity index (χ2n) is 5.03. The molecule has 0 spiro atoms. The first-order valence-electron chi connectivity index (χ1n) is 5.68. The molecule has 1 fully saturated rings. The van der Waals surface area contributed by atoms with Gasteiger partial charge >= 0.3 is 0 Å². The summed E-state index contributed by atoms with van der Waals surface area (Å²) in [6.45, 7) is 6.58. The van der Waals surface area contributed by atoms with Crippen molar-refractivity contribution in [2.24, 2.45) is 0 Å². The minimum Gasteiger partial charge on any atom is -0.310 e. The number of benzene rings is 1. The summed E-state index contributed by atoms with van der Waals surface area (Å²) in [7, 11) is 0. The Kier molecular flexibility index (Phi) is 3.08. The van der Waals surface area contributed by atoms with E-state index in [-0.39, 0.29) is 0 Å². The van der Waals surface area contributed by atoms with E-state index >= 15 is 0 Å². The van der Waals surface area contributed by atoms with E-state index in [1.807, 2.05) is 0 Å². The van der Waals surface area contributed by atoms with Gasteiger partial charge in [0, 0.05) is 24.7 Å². The monoisotopic (exact) mass is 204 g/mol. The van der Waals surface area contributed by atoms with E-state index in [0.717, 1.165) is 13.1 Å². The highest BCUT2D eigenvalue weighted by Gasteiger charge is 2.29. The van der Waals surface area contributed by atoms with E-state index in [1.54, 1.807) is 0 Å². The normalized spacial score (nSPS) is 24.3. The molecular formula is C13H20N2. The van der Waals surface area contributed by atoms with Gasteiger partial charge in [-0.3, -0.25) is 0 Å². The predicted octanol–water partition coefficient (Wildman–Crippen LogP) is 1.92. The lowest BCUT2D eigenvalue weighted by Gasteiger charge is -2.17. The number of hydrogen-bond acceptors (Lipinski definition) is 2. The Bertz CT molecular complexity index is 306. The lowest BCUT2D eigenvalue weighted by molar-refractivity contribution is 0.442. The molecule has 1 saturated heterocycles. The summed E-state index contributed by atoms with van der Waals surface area (Å²) >= 11 is 0. The van der Waals surface area contributed by atoms with Crippen LogP contribution < -0.4 is 10.6 Å². The van der Waals surface area contributed by atoms with Gasteiger partial charge < -0.3 is 10.6 Å². The molecule has 0 radical (unpaired) electrons. The van der Waals surface area contributed by atoms with Crippen molar-refractivity contribution in [1.82, 2.24) is 10.6 Å². The van der Waals surface area contributed by atoms with Gasteiger partial charge in [0.25, 0.3) is 0 Å². The van der Waals surface area contributed by atoms with Crippen molar-refractivity contribution >= 4 is 0 Å². The van der Waals surface area contributed by atoms with E-state index in [1.165, 1.54) is 12.0 Å². The Morgan fingerprint density at radius 1 is 1.33 bits per heavy atom. The molecule has 0 aliphatic carbocycles. The SMILES string of the molecule is CC1(C)CC(NCc2ccccc2)CN1. The zero-order valence-electron chi connectivity index (χ0n) is 9.59. The maximum Gasteiger partial charge on any atom is 0.0213 e. The van der Waals surface area contributed by atoms with Gasteiger partial charge in [0.15, 0.2) is 0 Å². The van der Waals surface area contributed by atoms with Crippen LogP contribution in [0, 0.1) is 0 Å². The molecule has 0 saturated carbocycles. The molecule has 15 heavy (non-hydrogen) atoms. The summed E-state index contributed by atoms with van der Waals surface area (Å²) in [6.07, 6.45) is 1.21. The van der Waals surface area contributed by atoms with Gasteiger partial charge in [-0.05, 0) is 25.8 Å². The van der Waals surface area contributed by atoms with E-state index in [4.69, 9.17) is 0 Å². The number of nitrogens with one attached hydrogen (secondary N) is 2. The lowest BCUT2D eigenvalue weighted by atomic mass is 10.0. The smallest absolute Gasteiger partial charge is 0.0213 e. The molecule has 1 unspecified atom stereocenters. The second kappa shape index (κ2) is 4.33. The van der Waals surface area contributed by atoms with Crippen LogP contribution in [0.4, 0.5) is 0 Å². The standard InChI is InChI=1S/C13H20N2/c1-13(2)8-12(10-15-13)14-9-11-6-4-3-5-7-11/h3-7,12,14-15H,8-10H2,1-2H3. The van der Waals surface area contributed by atoms with E-state index in [0.29, 0.717) is 11.6 Å². The zero-order chi connectivity index (χ0) is 10.7. The Balaban J connectivity index is 1.80. The number of hydrogen-bond donors (Lipinski definition) is 2. The average Bonchev–Trinajstić information content (AvgIpc) is 2.57. The molecule has 1 aliphatic rings. The Morgan fingerprint density at radius 2 is 2.07 bits per heavy atom. The predicted molar refractivity (Wildman–Crippen MR) is 63.8 cm³/mol. The average molecular weight is 204 g/mol. The second-order valence-corrected chi connectivity index (χ2v) is 5.03. The van der Waals surface area contributed by atoms with Crippen molar-refractivity contribution < 1.29 is 0 Å². The van der Waals surface area contributed by atoms with Gasteiger partial charge in [-0.15, -0.1) is 0 Å². The fraction of sp³-hybridized carbons (Fsp3) is 0.538. The molecule has 2 heteroatoms. The van der Waals surface area contributed by atoms with Crippen molar-refractivity contribution in [3.8, 4) is 0 Å². The third kappa shape index (κ3) is 3.05. The summed E-state index contributed by atoms with van der Waals surface area (Å²) in [6, 6.07) is 11.2. The fourth-order valence-electron chi connectivity index (χ4n) is 2.16. The van der Waals surface area contributed by atoms with Crippen molar-refractivity contribution in [3.05, 3.63) is 35.9 Å². The fourth-order valence-corrected chi connectivity index (χ4v) is 2.16. The summed E-state index contributed by atoms with van der Waals surface area (Å²) in [4.78, 5) is 0. The summed E-state index contributed by atoms with van der Waals surface area (Å²) < 4.78 is 0. The Hall–Kier alpha value is -0.860. The van der Waals surface area contributed by atoms with Crippen LogP contribution in [-0.2, 0) is 6.54 Å². The minimum atomic E-state index is 0.300. The molecule has 0 amide bonds. The van der Waals surface area contributed by atoms with Gasteiger partial charge in [0.05, 0.1) is 0 Å². The zero-order valence-corrected chi connectivity index (χ0v) is 9.59. The molecule has 2 rings (SSSR count). The van der Waals surface area contributed by atoms with Crippen molar-refractivity contribution in [2.45, 2.75) is 38.4 Å². The number of rotatable bonds is 3. The minimum absolute atomic E-state index is 0.300. The Morgan fingerprint density at radius 3 is 2.67 bits per heavy atom. The molecule has 0 aromatic heterocycles. The first-order chi connectivity index (χ1) is 7.16. The van der Waals surface area contributed by atoms with E-state index in [9.17, 15) is 0 Å². The van der Waals surface area contributed by atoms with E-state index < -0.39 is 0 Å². The highest BCUT2D eigenvalue weighted by molar-refractivity contribution is 5.14. The van der Waals surface area contributed by atoms with Crippen molar-refractivity contribution in [2.75, 3.05) is 6.54 Å². The lowest BCUT2D eigenvalue weighted by Crippen LogP contribution is -2.31. The van der Waals surface area contributed by atoms with Gasteiger partial charge in [-0.2, -0.15) is 0 Å². The summed E-state index contributed by atoms with van der Waals surface area (Å²) in [5.41, 5.74) is 1.66. The molecule has 2 N–H and O–H groups in total. The summed E-state index contributed by atoms with van der Waals surface area (Å²) in [5, 5.41) is 7.11. The van der Waals surface area contributed by atoms with Crippen LogP contribution in [0.1, 0.15) is 25.8 Å². The first-order valence-corrected chi connectivity index (χ1v) is 5.68. The largest absolute Gasteiger partial charge is 0.310 e. The third-order valence-corrected chi connectivity index (χ3v) is 3.02. The van der Waals surface area contributed by atoms with Crippen LogP contribution in [0.3, 0.4) is 0 Å². The topological polar surface area (TPSA) is 24.1 Å². The third-order valence-electron chi connectivity index (χ3n) is 3.02. The van der Waals surface area contributed by atoms with Crippen molar-refractivity contribution in [1.29, 1.82) is 0 Å². The molecule has 1 aromatic carbocycles. The van der Waals surface area contributed by atoms with Crippen LogP contribution in [0.15, 0.2) is 30.3 Å². The molecule has 1 aliphatic heterocycles. The highest BCUT2D eigenvalue weighted by Crippen LogP contribution is 2.17. The molecule has 1 heterocycles. The van der Waals surface area contributed by atoms with Crippen molar-refractivity contribution in [3.63, 3.8) is 0 Å². The van der Waals surface area contributed by atoms with Crippen LogP contribution >= 0.6 is 0 Å². The van der Waals surface area contributed by atoms with Gasteiger partial charge in [0.1, 0.15) is 0 Å². The highest BCUT2D eigenvalue weighted by atomic mass is 15.1. The van der Waals surface area contributed by atoms with Crippen LogP contribution in [0.25, 0.3) is 0 Å². The van der Waals surface area contributed by atoms with Gasteiger partial charge in [-0.1, -0.05) is 30.3 Å². The van der Waals surface area contributed by atoms with Gasteiger partial charge in [-0.25, -0.2) is 0 Å². The summed E-state index contributed by atoms with van der Waals surface area (Å²) in [5.74, 6) is 0. The maximum atomic E-state index is 3.59. The van der Waals surface area contributed by atoms with E-state index in [2.05, 4.69) is 54.8 Å². The van der Waals surface area contributed by atoms with Crippen LogP contribution in [0.5, 0.6) is 0 Å². The molecule has 1 aromatic rings. The maximum absolute atomic E-state index is 3.59.